The van der Waals surface area contributed by atoms with Gasteiger partial charge in [0, 0.05) is 6.54 Å². The number of imidazole rings is 2. The van der Waals surface area contributed by atoms with Crippen LogP contribution in [-0.4, -0.2) is 14.0 Å². The maximum Gasteiger partial charge on any atom is 0.216 e. The number of aromatic nitrogens is 3. The molecular formula is C16H13N3. The highest BCUT2D eigenvalue weighted by Crippen LogP contribution is 2.25. The normalized spacial score (nSPS) is 11.6. The van der Waals surface area contributed by atoms with Gasteiger partial charge in [-0.1, -0.05) is 30.3 Å². The van der Waals surface area contributed by atoms with E-state index in [4.69, 9.17) is 4.98 Å². The summed E-state index contributed by atoms with van der Waals surface area (Å²) >= 11 is 0. The summed E-state index contributed by atoms with van der Waals surface area (Å²) in [5.74, 6) is 0.974. The van der Waals surface area contributed by atoms with Crippen LogP contribution in [0.5, 0.6) is 0 Å². The van der Waals surface area contributed by atoms with Crippen LogP contribution in [0, 0.1) is 0 Å². The predicted octanol–water partition coefficient (Wildman–Crippen LogP) is 3.63. The number of para-hydroxylation sites is 4. The molecular weight excluding hydrogens is 234 g/mol. The average molecular weight is 247 g/mol. The highest BCUT2D eigenvalue weighted by Gasteiger charge is 2.13. The molecule has 0 aliphatic carbocycles. The van der Waals surface area contributed by atoms with Gasteiger partial charge in [0.2, 0.25) is 5.78 Å². The number of hydrogen-bond donors (Lipinski definition) is 0. The quantitative estimate of drug-likeness (QED) is 0.496. The van der Waals surface area contributed by atoms with E-state index < -0.39 is 0 Å². The summed E-state index contributed by atoms with van der Waals surface area (Å²) in [4.78, 5) is 4.75. The standard InChI is InChI=1S/C16H13N3/c1-2-11-18-14-9-5-6-10-15(14)19-13-8-4-3-7-12(13)17-16(18)19/h2-10H,1,11H2. The van der Waals surface area contributed by atoms with Gasteiger partial charge < -0.3 is 4.57 Å². The molecule has 0 aliphatic rings. The monoisotopic (exact) mass is 247 g/mol. The van der Waals surface area contributed by atoms with Crippen LogP contribution in [0.15, 0.2) is 61.2 Å². The molecule has 0 amide bonds. The maximum atomic E-state index is 4.75. The fourth-order valence-electron chi connectivity index (χ4n) is 2.73. The van der Waals surface area contributed by atoms with Crippen molar-refractivity contribution in [2.24, 2.45) is 0 Å². The van der Waals surface area contributed by atoms with E-state index >= 15 is 0 Å². The maximum absolute atomic E-state index is 4.75. The zero-order chi connectivity index (χ0) is 12.8. The largest absolute Gasteiger partial charge is 0.306 e. The Labute approximate surface area is 110 Å². The topological polar surface area (TPSA) is 22.2 Å². The second kappa shape index (κ2) is 3.72. The first kappa shape index (κ1) is 10.4. The summed E-state index contributed by atoms with van der Waals surface area (Å²) in [5.41, 5.74) is 4.56. The van der Waals surface area contributed by atoms with Crippen molar-refractivity contribution >= 4 is 27.8 Å². The molecule has 0 saturated carbocycles. The van der Waals surface area contributed by atoms with Gasteiger partial charge in [-0.2, -0.15) is 0 Å². The highest BCUT2D eigenvalue weighted by molar-refractivity contribution is 5.90. The first-order valence-corrected chi connectivity index (χ1v) is 6.35. The van der Waals surface area contributed by atoms with E-state index in [9.17, 15) is 0 Å². The Morgan fingerprint density at radius 1 is 0.947 bits per heavy atom. The molecule has 0 N–H and O–H groups in total. The van der Waals surface area contributed by atoms with Gasteiger partial charge in [-0.25, -0.2) is 4.98 Å². The molecule has 19 heavy (non-hydrogen) atoms. The van der Waals surface area contributed by atoms with Crippen molar-refractivity contribution in [1.29, 1.82) is 0 Å². The third kappa shape index (κ3) is 1.30. The van der Waals surface area contributed by atoms with E-state index in [0.717, 1.165) is 23.4 Å². The lowest BCUT2D eigenvalue weighted by molar-refractivity contribution is 0.875. The highest BCUT2D eigenvalue weighted by atomic mass is 15.2. The molecule has 0 radical (unpaired) electrons. The van der Waals surface area contributed by atoms with Gasteiger partial charge in [0.05, 0.1) is 22.1 Å². The van der Waals surface area contributed by atoms with Crippen LogP contribution >= 0.6 is 0 Å². The van der Waals surface area contributed by atoms with Gasteiger partial charge in [0.1, 0.15) is 0 Å². The van der Waals surface area contributed by atoms with Gasteiger partial charge in [-0.15, -0.1) is 6.58 Å². The molecule has 0 saturated heterocycles. The van der Waals surface area contributed by atoms with Gasteiger partial charge in [-0.05, 0) is 24.3 Å². The zero-order valence-corrected chi connectivity index (χ0v) is 10.5. The minimum Gasteiger partial charge on any atom is -0.306 e. The summed E-state index contributed by atoms with van der Waals surface area (Å²) in [7, 11) is 0. The number of benzene rings is 2. The molecule has 0 fully saturated rings. The van der Waals surface area contributed by atoms with E-state index in [2.05, 4.69) is 58.0 Å². The first-order valence-electron chi connectivity index (χ1n) is 6.35. The van der Waals surface area contributed by atoms with Crippen LogP contribution in [0.1, 0.15) is 0 Å². The molecule has 4 aromatic rings. The number of allylic oxidation sites excluding steroid dienone is 1. The first-order chi connectivity index (χ1) is 9.40. The average Bonchev–Trinajstić information content (AvgIpc) is 2.96. The van der Waals surface area contributed by atoms with Crippen LogP contribution in [0.3, 0.4) is 0 Å². The molecule has 0 bridgehead atoms. The Morgan fingerprint density at radius 2 is 1.63 bits per heavy atom. The van der Waals surface area contributed by atoms with Crippen molar-refractivity contribution in [2.45, 2.75) is 6.54 Å². The minimum atomic E-state index is 0.764. The van der Waals surface area contributed by atoms with Crippen molar-refractivity contribution in [3.8, 4) is 0 Å². The second-order valence-corrected chi connectivity index (χ2v) is 4.62. The lowest BCUT2D eigenvalue weighted by Gasteiger charge is -1.99. The fraction of sp³-hybridized carbons (Fsp3) is 0.0625. The second-order valence-electron chi connectivity index (χ2n) is 4.62. The van der Waals surface area contributed by atoms with Crippen LogP contribution in [0.25, 0.3) is 27.8 Å². The molecule has 2 aromatic heterocycles. The van der Waals surface area contributed by atoms with Crippen molar-refractivity contribution in [1.82, 2.24) is 14.0 Å². The molecule has 4 rings (SSSR count). The summed E-state index contributed by atoms with van der Waals surface area (Å²) in [5, 5.41) is 0. The third-order valence-corrected chi connectivity index (χ3v) is 3.51. The Bertz CT molecular complexity index is 912. The summed E-state index contributed by atoms with van der Waals surface area (Å²) in [6, 6.07) is 16.6. The van der Waals surface area contributed by atoms with Gasteiger partial charge in [0.15, 0.2) is 0 Å². The van der Waals surface area contributed by atoms with E-state index in [1.54, 1.807) is 0 Å². The summed E-state index contributed by atoms with van der Waals surface area (Å²) < 4.78 is 4.41. The molecule has 0 spiro atoms. The molecule has 2 heterocycles. The van der Waals surface area contributed by atoms with E-state index in [1.807, 2.05) is 12.1 Å². The summed E-state index contributed by atoms with van der Waals surface area (Å²) in [6.45, 7) is 4.61. The molecule has 0 unspecified atom stereocenters. The fourth-order valence-corrected chi connectivity index (χ4v) is 2.73. The Hall–Kier alpha value is -2.55. The number of nitrogens with zero attached hydrogens (tertiary/aromatic N) is 3. The van der Waals surface area contributed by atoms with Crippen LogP contribution < -0.4 is 0 Å². The zero-order valence-electron chi connectivity index (χ0n) is 10.5. The Morgan fingerprint density at radius 3 is 2.42 bits per heavy atom. The molecule has 3 heteroatoms. The van der Waals surface area contributed by atoms with Crippen LogP contribution in [0.4, 0.5) is 0 Å². The lowest BCUT2D eigenvalue weighted by atomic mass is 10.3. The SMILES string of the molecule is C=CCn1c2ccccc2n2c3ccccc3nc12. The lowest BCUT2D eigenvalue weighted by Crippen LogP contribution is -1.95. The van der Waals surface area contributed by atoms with Crippen LogP contribution in [0.2, 0.25) is 0 Å². The van der Waals surface area contributed by atoms with E-state index in [1.165, 1.54) is 11.0 Å². The van der Waals surface area contributed by atoms with Crippen molar-refractivity contribution < 1.29 is 0 Å². The van der Waals surface area contributed by atoms with Crippen LogP contribution in [-0.2, 0) is 6.54 Å². The number of fused-ring (bicyclic) bond motifs is 5. The Kier molecular flexibility index (Phi) is 2.03. The van der Waals surface area contributed by atoms with E-state index in [0.29, 0.717) is 0 Å². The van der Waals surface area contributed by atoms with Gasteiger partial charge >= 0.3 is 0 Å². The molecule has 3 nitrogen and oxygen atoms in total. The Balaban J connectivity index is 2.30. The van der Waals surface area contributed by atoms with E-state index in [-0.39, 0.29) is 0 Å². The smallest absolute Gasteiger partial charge is 0.216 e. The molecule has 0 aliphatic heterocycles. The molecule has 2 aromatic carbocycles. The van der Waals surface area contributed by atoms with Crippen molar-refractivity contribution in [3.63, 3.8) is 0 Å². The molecule has 92 valence electrons. The minimum absolute atomic E-state index is 0.764. The molecule has 0 atom stereocenters. The van der Waals surface area contributed by atoms with Gasteiger partial charge in [-0.3, -0.25) is 4.40 Å². The number of rotatable bonds is 2. The van der Waals surface area contributed by atoms with Crippen molar-refractivity contribution in [2.75, 3.05) is 0 Å². The predicted molar refractivity (Wildman–Crippen MR) is 78.4 cm³/mol. The van der Waals surface area contributed by atoms with Gasteiger partial charge in [0.25, 0.3) is 0 Å². The number of hydrogen-bond acceptors (Lipinski definition) is 1. The summed E-state index contributed by atoms with van der Waals surface area (Å²) in [6.07, 6.45) is 1.91. The van der Waals surface area contributed by atoms with Crippen molar-refractivity contribution in [3.05, 3.63) is 61.2 Å². The third-order valence-electron chi connectivity index (χ3n) is 3.51.